The second-order valence-corrected chi connectivity index (χ2v) is 6.11. The summed E-state index contributed by atoms with van der Waals surface area (Å²) in [5, 5.41) is 1.19. The number of pyridine rings is 1. The van der Waals surface area contributed by atoms with Gasteiger partial charge in [-0.15, -0.1) is 0 Å². The fourth-order valence-corrected chi connectivity index (χ4v) is 2.22. The van der Waals surface area contributed by atoms with Crippen LogP contribution in [0.3, 0.4) is 0 Å². The Bertz CT molecular complexity index is 538. The average molecular weight is 278 g/mol. The van der Waals surface area contributed by atoms with E-state index in [2.05, 4.69) is 67.9 Å². The highest BCUT2D eigenvalue weighted by atomic mass is 79.9. The van der Waals surface area contributed by atoms with Gasteiger partial charge in [0.1, 0.15) is 0 Å². The van der Waals surface area contributed by atoms with E-state index in [-0.39, 0.29) is 5.41 Å². The molecule has 0 aliphatic rings. The lowest BCUT2D eigenvalue weighted by Gasteiger charge is -2.19. The zero-order chi connectivity index (χ0) is 11.9. The highest BCUT2D eigenvalue weighted by Crippen LogP contribution is 2.29. The SMILES string of the molecule is Cc1ccc2nc(C(C)(C)C)cc(Br)c2c1. The second-order valence-electron chi connectivity index (χ2n) is 5.26. The van der Waals surface area contributed by atoms with Crippen LogP contribution in [0.15, 0.2) is 28.7 Å². The molecule has 2 rings (SSSR count). The molecule has 1 aromatic heterocycles. The third-order valence-electron chi connectivity index (χ3n) is 2.68. The summed E-state index contributed by atoms with van der Waals surface area (Å²) in [6, 6.07) is 8.49. The number of rotatable bonds is 0. The number of hydrogen-bond acceptors (Lipinski definition) is 1. The minimum Gasteiger partial charge on any atom is -0.252 e. The van der Waals surface area contributed by atoms with Crippen LogP contribution >= 0.6 is 15.9 Å². The molecule has 0 aliphatic heterocycles. The Hall–Kier alpha value is -0.890. The minimum atomic E-state index is 0.0849. The van der Waals surface area contributed by atoms with Crippen molar-refractivity contribution in [3.05, 3.63) is 40.0 Å². The highest BCUT2D eigenvalue weighted by Gasteiger charge is 2.17. The van der Waals surface area contributed by atoms with Gasteiger partial charge in [0.2, 0.25) is 0 Å². The van der Waals surface area contributed by atoms with Crippen molar-refractivity contribution in [1.82, 2.24) is 4.98 Å². The molecule has 16 heavy (non-hydrogen) atoms. The Morgan fingerprint density at radius 2 is 1.81 bits per heavy atom. The standard InChI is InChI=1S/C14H16BrN/c1-9-5-6-12-10(7-9)11(15)8-13(16-12)14(2,3)4/h5-8H,1-4H3. The maximum Gasteiger partial charge on any atom is 0.0717 e. The molecule has 1 nitrogen and oxygen atoms in total. The van der Waals surface area contributed by atoms with Crippen LogP contribution in [0.1, 0.15) is 32.0 Å². The van der Waals surface area contributed by atoms with Gasteiger partial charge < -0.3 is 0 Å². The summed E-state index contributed by atoms with van der Waals surface area (Å²) < 4.78 is 1.13. The number of nitrogens with zero attached hydrogens (tertiary/aromatic N) is 1. The van der Waals surface area contributed by atoms with Crippen LogP contribution in [0.5, 0.6) is 0 Å². The molecule has 2 heteroatoms. The van der Waals surface area contributed by atoms with Crippen molar-refractivity contribution >= 4 is 26.8 Å². The molecule has 0 radical (unpaired) electrons. The first-order chi connectivity index (χ1) is 7.38. The van der Waals surface area contributed by atoms with Crippen LogP contribution in [0.4, 0.5) is 0 Å². The largest absolute Gasteiger partial charge is 0.252 e. The maximum atomic E-state index is 4.72. The predicted octanol–water partition coefficient (Wildman–Crippen LogP) is 4.60. The molecule has 0 bridgehead atoms. The van der Waals surface area contributed by atoms with Gasteiger partial charge in [-0.2, -0.15) is 0 Å². The van der Waals surface area contributed by atoms with Crippen LogP contribution in [-0.4, -0.2) is 4.98 Å². The average Bonchev–Trinajstić information content (AvgIpc) is 2.17. The van der Waals surface area contributed by atoms with Gasteiger partial charge in [0, 0.05) is 21.0 Å². The molecule has 0 saturated heterocycles. The van der Waals surface area contributed by atoms with Crippen LogP contribution in [-0.2, 0) is 5.41 Å². The fraction of sp³-hybridized carbons (Fsp3) is 0.357. The van der Waals surface area contributed by atoms with Crippen molar-refractivity contribution in [2.75, 3.05) is 0 Å². The molecule has 1 heterocycles. The Kier molecular flexibility index (Phi) is 2.79. The van der Waals surface area contributed by atoms with E-state index in [0.29, 0.717) is 0 Å². The van der Waals surface area contributed by atoms with E-state index < -0.39 is 0 Å². The van der Waals surface area contributed by atoms with E-state index >= 15 is 0 Å². The molecule has 2 aromatic rings. The monoisotopic (exact) mass is 277 g/mol. The number of benzene rings is 1. The number of fused-ring (bicyclic) bond motifs is 1. The van der Waals surface area contributed by atoms with E-state index in [0.717, 1.165) is 15.7 Å². The van der Waals surface area contributed by atoms with Gasteiger partial charge in [-0.1, -0.05) is 48.3 Å². The van der Waals surface area contributed by atoms with Crippen LogP contribution in [0.2, 0.25) is 0 Å². The summed E-state index contributed by atoms with van der Waals surface area (Å²) >= 11 is 3.63. The van der Waals surface area contributed by atoms with Crippen molar-refractivity contribution in [3.8, 4) is 0 Å². The van der Waals surface area contributed by atoms with Crippen molar-refractivity contribution < 1.29 is 0 Å². The van der Waals surface area contributed by atoms with Gasteiger partial charge in [0.15, 0.2) is 0 Å². The van der Waals surface area contributed by atoms with Crippen molar-refractivity contribution in [2.45, 2.75) is 33.1 Å². The first kappa shape index (κ1) is 11.6. The highest BCUT2D eigenvalue weighted by molar-refractivity contribution is 9.10. The molecule has 0 unspecified atom stereocenters. The van der Waals surface area contributed by atoms with E-state index in [4.69, 9.17) is 4.98 Å². The summed E-state index contributed by atoms with van der Waals surface area (Å²) in [5.41, 5.74) is 3.53. The lowest BCUT2D eigenvalue weighted by atomic mass is 9.91. The molecule has 0 saturated carbocycles. The van der Waals surface area contributed by atoms with Gasteiger partial charge in [-0.25, -0.2) is 0 Å². The molecule has 84 valence electrons. The molecular weight excluding hydrogens is 262 g/mol. The molecule has 0 fully saturated rings. The molecule has 0 spiro atoms. The van der Waals surface area contributed by atoms with E-state index in [9.17, 15) is 0 Å². The lowest BCUT2D eigenvalue weighted by molar-refractivity contribution is 0.571. The normalized spacial score (nSPS) is 12.1. The Balaban J connectivity index is 2.74. The number of aromatic nitrogens is 1. The first-order valence-electron chi connectivity index (χ1n) is 5.45. The predicted molar refractivity (Wildman–Crippen MR) is 72.9 cm³/mol. The molecule has 0 atom stereocenters. The number of hydrogen-bond donors (Lipinski definition) is 0. The number of halogens is 1. The summed E-state index contributed by atoms with van der Waals surface area (Å²) in [6.45, 7) is 8.65. The lowest BCUT2D eigenvalue weighted by Crippen LogP contribution is -2.13. The molecular formula is C14H16BrN. The molecule has 0 N–H and O–H groups in total. The van der Waals surface area contributed by atoms with E-state index in [1.54, 1.807) is 0 Å². The van der Waals surface area contributed by atoms with E-state index in [1.807, 2.05) is 0 Å². The van der Waals surface area contributed by atoms with Crippen LogP contribution in [0.25, 0.3) is 10.9 Å². The van der Waals surface area contributed by atoms with Gasteiger partial charge >= 0.3 is 0 Å². The zero-order valence-electron chi connectivity index (χ0n) is 10.1. The smallest absolute Gasteiger partial charge is 0.0717 e. The maximum absolute atomic E-state index is 4.72. The fourth-order valence-electron chi connectivity index (χ4n) is 1.68. The van der Waals surface area contributed by atoms with Crippen molar-refractivity contribution in [1.29, 1.82) is 0 Å². The Morgan fingerprint density at radius 1 is 1.12 bits per heavy atom. The summed E-state index contributed by atoms with van der Waals surface area (Å²) in [4.78, 5) is 4.72. The van der Waals surface area contributed by atoms with Gasteiger partial charge in [0.25, 0.3) is 0 Å². The summed E-state index contributed by atoms with van der Waals surface area (Å²) in [7, 11) is 0. The van der Waals surface area contributed by atoms with Gasteiger partial charge in [-0.05, 0) is 25.1 Å². The van der Waals surface area contributed by atoms with Crippen molar-refractivity contribution in [3.63, 3.8) is 0 Å². The molecule has 1 aromatic carbocycles. The van der Waals surface area contributed by atoms with Crippen LogP contribution < -0.4 is 0 Å². The Morgan fingerprint density at radius 3 is 2.44 bits per heavy atom. The third-order valence-corrected chi connectivity index (χ3v) is 3.34. The van der Waals surface area contributed by atoms with Gasteiger partial charge in [-0.3, -0.25) is 4.98 Å². The van der Waals surface area contributed by atoms with Gasteiger partial charge in [0.05, 0.1) is 5.52 Å². The number of aryl methyl sites for hydroxylation is 1. The minimum absolute atomic E-state index is 0.0849. The van der Waals surface area contributed by atoms with Crippen LogP contribution in [0, 0.1) is 6.92 Å². The molecule has 0 aliphatic carbocycles. The third kappa shape index (κ3) is 2.12. The zero-order valence-corrected chi connectivity index (χ0v) is 11.7. The quantitative estimate of drug-likeness (QED) is 0.686. The Labute approximate surface area is 105 Å². The molecule has 0 amide bonds. The topological polar surface area (TPSA) is 12.9 Å². The van der Waals surface area contributed by atoms with Crippen molar-refractivity contribution in [2.24, 2.45) is 0 Å². The first-order valence-corrected chi connectivity index (χ1v) is 6.24. The van der Waals surface area contributed by atoms with E-state index in [1.165, 1.54) is 10.9 Å². The summed E-state index contributed by atoms with van der Waals surface area (Å²) in [5.74, 6) is 0. The summed E-state index contributed by atoms with van der Waals surface area (Å²) in [6.07, 6.45) is 0. The second kappa shape index (κ2) is 3.85.